The van der Waals surface area contributed by atoms with Crippen LogP contribution in [0.4, 0.5) is 0 Å². The monoisotopic (exact) mass is 295 g/mol. The first-order valence-corrected chi connectivity index (χ1v) is 8.74. The van der Waals surface area contributed by atoms with Gasteiger partial charge in [-0.3, -0.25) is 4.98 Å². The van der Waals surface area contributed by atoms with Gasteiger partial charge in [0, 0.05) is 31.5 Å². The molecule has 110 valence electrons. The molecule has 2 heterocycles. The van der Waals surface area contributed by atoms with E-state index in [0.29, 0.717) is 24.0 Å². The van der Waals surface area contributed by atoms with Crippen molar-refractivity contribution in [2.75, 3.05) is 19.6 Å². The van der Waals surface area contributed by atoms with Crippen molar-refractivity contribution in [2.24, 2.45) is 5.92 Å². The standard InChI is InChI=1S/C14H21N3O2S/c18-20(19,14-2-1-7-15-11-14)17-8-5-13(6-9-17)16-10-12-3-4-12/h1-2,7,11-13,16H,3-6,8-10H2. The summed E-state index contributed by atoms with van der Waals surface area (Å²) in [5.74, 6) is 0.868. The van der Waals surface area contributed by atoms with E-state index in [-0.39, 0.29) is 0 Å². The Balaban J connectivity index is 1.57. The van der Waals surface area contributed by atoms with Gasteiger partial charge in [-0.25, -0.2) is 8.42 Å². The Kier molecular flexibility index (Phi) is 4.05. The highest BCUT2D eigenvalue weighted by Crippen LogP contribution is 2.28. The van der Waals surface area contributed by atoms with Crippen LogP contribution < -0.4 is 5.32 Å². The number of nitrogens with one attached hydrogen (secondary N) is 1. The number of aromatic nitrogens is 1. The van der Waals surface area contributed by atoms with E-state index in [9.17, 15) is 8.42 Å². The highest BCUT2D eigenvalue weighted by atomic mass is 32.2. The Morgan fingerprint density at radius 2 is 2.00 bits per heavy atom. The van der Waals surface area contributed by atoms with Gasteiger partial charge in [0.05, 0.1) is 0 Å². The van der Waals surface area contributed by atoms with Crippen LogP contribution in [-0.2, 0) is 10.0 Å². The maximum atomic E-state index is 12.4. The second kappa shape index (κ2) is 5.79. The van der Waals surface area contributed by atoms with Gasteiger partial charge in [-0.05, 0) is 50.3 Å². The quantitative estimate of drug-likeness (QED) is 0.887. The molecule has 0 bridgehead atoms. The molecule has 5 nitrogen and oxygen atoms in total. The molecule has 0 atom stereocenters. The highest BCUT2D eigenvalue weighted by Gasteiger charge is 2.30. The molecule has 0 amide bonds. The van der Waals surface area contributed by atoms with E-state index in [0.717, 1.165) is 25.3 Å². The van der Waals surface area contributed by atoms with E-state index in [1.165, 1.54) is 19.0 Å². The highest BCUT2D eigenvalue weighted by molar-refractivity contribution is 7.89. The summed E-state index contributed by atoms with van der Waals surface area (Å²) < 4.78 is 26.5. The Morgan fingerprint density at radius 3 is 2.60 bits per heavy atom. The molecule has 0 spiro atoms. The van der Waals surface area contributed by atoms with Gasteiger partial charge in [0.2, 0.25) is 10.0 Å². The lowest BCUT2D eigenvalue weighted by atomic mass is 10.1. The molecular weight excluding hydrogens is 274 g/mol. The first kappa shape index (κ1) is 14.0. The molecular formula is C14H21N3O2S. The van der Waals surface area contributed by atoms with Crippen LogP contribution in [0.5, 0.6) is 0 Å². The molecule has 0 radical (unpaired) electrons. The zero-order chi connectivity index (χ0) is 14.0. The zero-order valence-corrected chi connectivity index (χ0v) is 12.3. The predicted octanol–water partition coefficient (Wildman–Crippen LogP) is 1.23. The maximum Gasteiger partial charge on any atom is 0.244 e. The average molecular weight is 295 g/mol. The molecule has 2 fully saturated rings. The molecule has 1 aliphatic carbocycles. The van der Waals surface area contributed by atoms with Crippen molar-refractivity contribution in [1.29, 1.82) is 0 Å². The first-order chi connectivity index (χ1) is 9.66. The smallest absolute Gasteiger partial charge is 0.244 e. The van der Waals surface area contributed by atoms with Crippen LogP contribution in [0.1, 0.15) is 25.7 Å². The minimum Gasteiger partial charge on any atom is -0.314 e. The minimum atomic E-state index is -3.36. The second-order valence-corrected chi connectivity index (χ2v) is 7.66. The number of pyridine rings is 1. The molecule has 3 rings (SSSR count). The summed E-state index contributed by atoms with van der Waals surface area (Å²) in [5.41, 5.74) is 0. The van der Waals surface area contributed by atoms with Crippen molar-refractivity contribution in [3.8, 4) is 0 Å². The molecule has 20 heavy (non-hydrogen) atoms. The summed E-state index contributed by atoms with van der Waals surface area (Å²) >= 11 is 0. The van der Waals surface area contributed by atoms with Gasteiger partial charge in [-0.2, -0.15) is 4.31 Å². The predicted molar refractivity (Wildman–Crippen MR) is 76.7 cm³/mol. The lowest BCUT2D eigenvalue weighted by Crippen LogP contribution is -2.45. The minimum absolute atomic E-state index is 0.296. The molecule has 1 aliphatic heterocycles. The third-order valence-electron chi connectivity index (χ3n) is 4.12. The van der Waals surface area contributed by atoms with E-state index < -0.39 is 10.0 Å². The molecule has 6 heteroatoms. The van der Waals surface area contributed by atoms with Gasteiger partial charge in [0.25, 0.3) is 0 Å². The molecule has 1 saturated heterocycles. The normalized spacial score (nSPS) is 22.0. The van der Waals surface area contributed by atoms with E-state index in [4.69, 9.17) is 0 Å². The molecule has 1 aromatic heterocycles. The van der Waals surface area contributed by atoms with Crippen molar-refractivity contribution in [3.05, 3.63) is 24.5 Å². The fourth-order valence-electron chi connectivity index (χ4n) is 2.60. The van der Waals surface area contributed by atoms with Crippen LogP contribution in [0, 0.1) is 5.92 Å². The second-order valence-electron chi connectivity index (χ2n) is 5.72. The largest absolute Gasteiger partial charge is 0.314 e. The number of sulfonamides is 1. The lowest BCUT2D eigenvalue weighted by molar-refractivity contribution is 0.288. The summed E-state index contributed by atoms with van der Waals surface area (Å²) in [6.07, 6.45) is 7.50. The topological polar surface area (TPSA) is 62.3 Å². The van der Waals surface area contributed by atoms with Crippen LogP contribution in [0.15, 0.2) is 29.4 Å². The van der Waals surface area contributed by atoms with Crippen LogP contribution >= 0.6 is 0 Å². The van der Waals surface area contributed by atoms with E-state index >= 15 is 0 Å². The molecule has 2 aliphatic rings. The molecule has 0 aromatic carbocycles. The first-order valence-electron chi connectivity index (χ1n) is 7.30. The summed E-state index contributed by atoms with van der Waals surface area (Å²) in [6, 6.07) is 3.74. The van der Waals surface area contributed by atoms with Crippen molar-refractivity contribution in [3.63, 3.8) is 0 Å². The summed E-state index contributed by atoms with van der Waals surface area (Å²) in [7, 11) is -3.36. The number of hydrogen-bond donors (Lipinski definition) is 1. The van der Waals surface area contributed by atoms with Crippen molar-refractivity contribution < 1.29 is 8.42 Å². The van der Waals surface area contributed by atoms with Crippen LogP contribution in [0.3, 0.4) is 0 Å². The number of hydrogen-bond acceptors (Lipinski definition) is 4. The van der Waals surface area contributed by atoms with E-state index in [1.807, 2.05) is 0 Å². The molecule has 1 aromatic rings. The fraction of sp³-hybridized carbons (Fsp3) is 0.643. The molecule has 1 N–H and O–H groups in total. The van der Waals surface area contributed by atoms with Crippen LogP contribution in [0.2, 0.25) is 0 Å². The van der Waals surface area contributed by atoms with Gasteiger partial charge in [0.15, 0.2) is 0 Å². The van der Waals surface area contributed by atoms with Gasteiger partial charge in [-0.1, -0.05) is 0 Å². The summed E-state index contributed by atoms with van der Waals surface area (Å²) in [4.78, 5) is 4.19. The van der Waals surface area contributed by atoms with Crippen molar-refractivity contribution in [1.82, 2.24) is 14.6 Å². The number of piperidine rings is 1. The van der Waals surface area contributed by atoms with Crippen LogP contribution in [0.25, 0.3) is 0 Å². The summed E-state index contributed by atoms with van der Waals surface area (Å²) in [5, 5.41) is 3.56. The fourth-order valence-corrected chi connectivity index (χ4v) is 4.04. The Labute approximate surface area is 120 Å². The SMILES string of the molecule is O=S(=O)(c1cccnc1)N1CCC(NCC2CC2)CC1. The molecule has 0 unspecified atom stereocenters. The average Bonchev–Trinajstić information content (AvgIpc) is 3.31. The Bertz CT molecular complexity index is 535. The Morgan fingerprint density at radius 1 is 1.25 bits per heavy atom. The van der Waals surface area contributed by atoms with Crippen molar-refractivity contribution in [2.45, 2.75) is 36.6 Å². The Hall–Kier alpha value is -0.980. The maximum absolute atomic E-state index is 12.4. The number of rotatable bonds is 5. The third kappa shape index (κ3) is 3.19. The zero-order valence-electron chi connectivity index (χ0n) is 11.5. The van der Waals surface area contributed by atoms with Crippen LogP contribution in [-0.4, -0.2) is 43.4 Å². The lowest BCUT2D eigenvalue weighted by Gasteiger charge is -2.31. The van der Waals surface area contributed by atoms with Gasteiger partial charge >= 0.3 is 0 Å². The van der Waals surface area contributed by atoms with Gasteiger partial charge < -0.3 is 5.32 Å². The van der Waals surface area contributed by atoms with Crippen molar-refractivity contribution >= 4 is 10.0 Å². The van der Waals surface area contributed by atoms with Gasteiger partial charge in [-0.15, -0.1) is 0 Å². The third-order valence-corrected chi connectivity index (χ3v) is 6.00. The van der Waals surface area contributed by atoms with E-state index in [1.54, 1.807) is 22.6 Å². The molecule has 1 saturated carbocycles. The van der Waals surface area contributed by atoms with Gasteiger partial charge in [0.1, 0.15) is 4.90 Å². The van der Waals surface area contributed by atoms with E-state index in [2.05, 4.69) is 10.3 Å². The number of nitrogens with zero attached hydrogens (tertiary/aromatic N) is 2. The summed E-state index contributed by atoms with van der Waals surface area (Å²) in [6.45, 7) is 2.29.